The third kappa shape index (κ3) is 43.6. The number of ether oxygens (including phenoxy) is 3. The number of hydrogen-bond acceptors (Lipinski definition) is 7. The molecule has 0 spiro atoms. The first-order valence-electron chi connectivity index (χ1n) is 10.9. The molecule has 0 aliphatic heterocycles. The molecule has 0 atom stereocenters. The molecule has 0 heterocycles. The highest BCUT2D eigenvalue weighted by Crippen LogP contribution is 2.07. The van der Waals surface area contributed by atoms with E-state index in [1.54, 1.807) is 13.0 Å². The summed E-state index contributed by atoms with van der Waals surface area (Å²) in [5.41, 5.74) is 0.433. The molecular weight excluding hydrogens is 422 g/mol. The van der Waals surface area contributed by atoms with Gasteiger partial charge in [0.05, 0.1) is 26.4 Å². The number of hydrogen-bond donors (Lipinski definition) is 0. The standard InChI is InChI=1S/C11H20O2.C7H12O2.C5H8O2.C3H3N/c1-4-11(12)13-9-7-5-6-8-10(2)3;1-3-5-6-9-7(8)4-2;1-4(2)5(6)7-3;1-2-3-4/h4,10H,1,5-9H2,2-3H3;4H,2-3,5-6H2,1H3;1H2,2-3H3;2H,1H2. The Balaban J connectivity index is -0.000000184. The van der Waals surface area contributed by atoms with E-state index in [1.165, 1.54) is 38.2 Å². The van der Waals surface area contributed by atoms with Crippen LogP contribution in [0, 0.1) is 17.2 Å². The number of nitriles is 1. The van der Waals surface area contributed by atoms with E-state index in [4.69, 9.17) is 10.00 Å². The molecule has 188 valence electrons. The summed E-state index contributed by atoms with van der Waals surface area (Å²) in [5.74, 6) is -0.219. The number of carbonyl (C=O) groups is 3. The number of unbranched alkanes of at least 4 members (excludes halogenated alkanes) is 3. The van der Waals surface area contributed by atoms with Crippen molar-refractivity contribution in [3.05, 3.63) is 50.1 Å². The summed E-state index contributed by atoms with van der Waals surface area (Å²) in [6, 6.07) is 1.69. The zero-order valence-corrected chi connectivity index (χ0v) is 21.2. The Labute approximate surface area is 200 Å². The van der Waals surface area contributed by atoms with Crippen LogP contribution in [0.15, 0.2) is 50.1 Å². The number of methoxy groups -OCH3 is 1. The van der Waals surface area contributed by atoms with Crippen molar-refractivity contribution in [3.8, 4) is 6.07 Å². The number of nitrogens with zero attached hydrogens (tertiary/aromatic N) is 1. The molecule has 0 unspecified atom stereocenters. The van der Waals surface area contributed by atoms with Gasteiger partial charge in [-0.1, -0.05) is 72.8 Å². The number of carbonyl (C=O) groups excluding carboxylic acids is 3. The van der Waals surface area contributed by atoms with Crippen LogP contribution in [-0.2, 0) is 28.6 Å². The van der Waals surface area contributed by atoms with Crippen molar-refractivity contribution >= 4 is 17.9 Å². The van der Waals surface area contributed by atoms with Crippen molar-refractivity contribution in [3.63, 3.8) is 0 Å². The van der Waals surface area contributed by atoms with Gasteiger partial charge in [0.1, 0.15) is 0 Å². The Morgan fingerprint density at radius 2 is 1.39 bits per heavy atom. The quantitative estimate of drug-likeness (QED) is 0.117. The fourth-order valence-electron chi connectivity index (χ4n) is 1.61. The molecule has 0 rings (SSSR count). The third-order valence-corrected chi connectivity index (χ3v) is 3.37. The monoisotopic (exact) mass is 465 g/mol. The van der Waals surface area contributed by atoms with Gasteiger partial charge in [0.15, 0.2) is 0 Å². The third-order valence-electron chi connectivity index (χ3n) is 3.37. The summed E-state index contributed by atoms with van der Waals surface area (Å²) in [6.07, 6.45) is 10.1. The van der Waals surface area contributed by atoms with E-state index in [2.05, 4.69) is 49.6 Å². The van der Waals surface area contributed by atoms with E-state index < -0.39 is 0 Å². The smallest absolute Gasteiger partial charge is 0.332 e. The number of allylic oxidation sites excluding steroid dienone is 1. The van der Waals surface area contributed by atoms with Gasteiger partial charge >= 0.3 is 17.9 Å². The fraction of sp³-hybridized carbons (Fsp3) is 0.538. The molecule has 0 saturated carbocycles. The Hall–Kier alpha value is -3.14. The molecule has 0 N–H and O–H groups in total. The van der Waals surface area contributed by atoms with E-state index in [1.807, 2.05) is 6.92 Å². The molecule has 0 aromatic carbocycles. The summed E-state index contributed by atoms with van der Waals surface area (Å²) < 4.78 is 13.8. The molecule has 0 radical (unpaired) electrons. The highest BCUT2D eigenvalue weighted by Gasteiger charge is 1.97. The van der Waals surface area contributed by atoms with Crippen LogP contribution in [0.25, 0.3) is 0 Å². The molecule has 0 aliphatic rings. The molecule has 0 amide bonds. The van der Waals surface area contributed by atoms with Crippen LogP contribution in [0.4, 0.5) is 0 Å². The SMILES string of the molecule is C=C(C)C(=O)OC.C=CC#N.C=CC(=O)OCCCC.C=CC(=O)OCCCCCC(C)C. The van der Waals surface area contributed by atoms with Gasteiger partial charge in [-0.05, 0) is 25.7 Å². The highest BCUT2D eigenvalue weighted by molar-refractivity contribution is 5.86. The molecule has 0 aromatic rings. The van der Waals surface area contributed by atoms with Gasteiger partial charge < -0.3 is 14.2 Å². The first-order valence-corrected chi connectivity index (χ1v) is 10.9. The second-order valence-electron chi connectivity index (χ2n) is 6.95. The van der Waals surface area contributed by atoms with Crippen molar-refractivity contribution in [2.45, 2.75) is 66.2 Å². The fourth-order valence-corrected chi connectivity index (χ4v) is 1.61. The van der Waals surface area contributed by atoms with Crippen LogP contribution in [0.5, 0.6) is 0 Å². The van der Waals surface area contributed by atoms with Crippen LogP contribution < -0.4 is 0 Å². The van der Waals surface area contributed by atoms with Crippen LogP contribution in [-0.4, -0.2) is 38.2 Å². The molecule has 0 saturated heterocycles. The van der Waals surface area contributed by atoms with Crippen molar-refractivity contribution in [2.24, 2.45) is 5.92 Å². The Morgan fingerprint density at radius 3 is 1.67 bits per heavy atom. The Bertz CT molecular complexity index is 602. The Morgan fingerprint density at radius 1 is 0.939 bits per heavy atom. The summed E-state index contributed by atoms with van der Waals surface area (Å²) in [5, 5.41) is 7.51. The number of esters is 3. The maximum atomic E-state index is 10.6. The Kier molecular flexibility index (Phi) is 35.0. The molecule has 7 heteroatoms. The first kappa shape index (κ1) is 37.2. The van der Waals surface area contributed by atoms with E-state index >= 15 is 0 Å². The summed E-state index contributed by atoms with van der Waals surface area (Å²) in [7, 11) is 1.33. The van der Waals surface area contributed by atoms with Crippen LogP contribution in [0.1, 0.15) is 66.2 Å². The van der Waals surface area contributed by atoms with Gasteiger partial charge in [0.2, 0.25) is 0 Å². The van der Waals surface area contributed by atoms with Crippen LogP contribution in [0.3, 0.4) is 0 Å². The van der Waals surface area contributed by atoms with Crippen molar-refractivity contribution < 1.29 is 28.6 Å². The molecule has 0 aromatic heterocycles. The van der Waals surface area contributed by atoms with E-state index in [0.29, 0.717) is 18.8 Å². The molecule has 0 aliphatic carbocycles. The average molecular weight is 466 g/mol. The van der Waals surface area contributed by atoms with Gasteiger partial charge in [-0.25, -0.2) is 14.4 Å². The maximum absolute atomic E-state index is 10.6. The topological polar surface area (TPSA) is 103 Å². The summed E-state index contributed by atoms with van der Waals surface area (Å²) >= 11 is 0. The second-order valence-corrected chi connectivity index (χ2v) is 6.95. The van der Waals surface area contributed by atoms with Gasteiger partial charge in [-0.2, -0.15) is 5.26 Å². The van der Waals surface area contributed by atoms with E-state index in [-0.39, 0.29) is 17.9 Å². The molecule has 7 nitrogen and oxygen atoms in total. The maximum Gasteiger partial charge on any atom is 0.332 e. The normalized spacial score (nSPS) is 8.39. The van der Waals surface area contributed by atoms with Gasteiger partial charge in [-0.15, -0.1) is 0 Å². The predicted octanol–water partition coefficient (Wildman–Crippen LogP) is 5.88. The van der Waals surface area contributed by atoms with E-state index in [0.717, 1.165) is 31.6 Å². The van der Waals surface area contributed by atoms with Crippen molar-refractivity contribution in [1.29, 1.82) is 5.26 Å². The average Bonchev–Trinajstić information content (AvgIpc) is 2.81. The lowest BCUT2D eigenvalue weighted by molar-refractivity contribution is -0.138. The van der Waals surface area contributed by atoms with Crippen LogP contribution >= 0.6 is 0 Å². The lowest BCUT2D eigenvalue weighted by Crippen LogP contribution is -2.01. The van der Waals surface area contributed by atoms with E-state index in [9.17, 15) is 14.4 Å². The molecule has 0 fully saturated rings. The predicted molar refractivity (Wildman–Crippen MR) is 133 cm³/mol. The lowest BCUT2D eigenvalue weighted by Gasteiger charge is -2.04. The van der Waals surface area contributed by atoms with Crippen LogP contribution in [0.2, 0.25) is 0 Å². The highest BCUT2D eigenvalue weighted by atomic mass is 16.5. The number of rotatable bonds is 12. The van der Waals surface area contributed by atoms with Crippen molar-refractivity contribution in [1.82, 2.24) is 0 Å². The zero-order valence-electron chi connectivity index (χ0n) is 21.2. The van der Waals surface area contributed by atoms with Gasteiger partial charge in [0, 0.05) is 23.8 Å². The minimum Gasteiger partial charge on any atom is -0.466 e. The summed E-state index contributed by atoms with van der Waals surface area (Å²) in [4.78, 5) is 31.1. The van der Waals surface area contributed by atoms with Gasteiger partial charge in [-0.3, -0.25) is 0 Å². The van der Waals surface area contributed by atoms with Crippen molar-refractivity contribution in [2.75, 3.05) is 20.3 Å². The zero-order chi connectivity index (χ0) is 26.5. The largest absolute Gasteiger partial charge is 0.466 e. The van der Waals surface area contributed by atoms with Gasteiger partial charge in [0.25, 0.3) is 0 Å². The molecule has 0 bridgehead atoms. The minimum atomic E-state index is -0.347. The first-order chi connectivity index (χ1) is 15.6. The molecular formula is C26H43NO6. The lowest BCUT2D eigenvalue weighted by atomic mass is 10.1. The minimum absolute atomic E-state index is 0.316. The second kappa shape index (κ2) is 31.0. The summed E-state index contributed by atoms with van der Waals surface area (Å²) in [6.45, 7) is 22.2. The molecule has 33 heavy (non-hydrogen) atoms.